The molecule has 2 rings (SSSR count). The van der Waals surface area contributed by atoms with E-state index in [0.29, 0.717) is 0 Å². The van der Waals surface area contributed by atoms with E-state index < -0.39 is 0 Å². The summed E-state index contributed by atoms with van der Waals surface area (Å²) in [7, 11) is 0. The van der Waals surface area contributed by atoms with Gasteiger partial charge in [-0.25, -0.2) is 4.98 Å². The van der Waals surface area contributed by atoms with Gasteiger partial charge in [0.2, 0.25) is 0 Å². The van der Waals surface area contributed by atoms with E-state index in [9.17, 15) is 5.11 Å². The second-order valence-corrected chi connectivity index (χ2v) is 5.69. The van der Waals surface area contributed by atoms with E-state index in [4.69, 9.17) is 0 Å². The van der Waals surface area contributed by atoms with Crippen molar-refractivity contribution in [2.75, 3.05) is 0 Å². The van der Waals surface area contributed by atoms with E-state index in [1.54, 1.807) is 23.5 Å². The van der Waals surface area contributed by atoms with Crippen LogP contribution in [0, 0.1) is 0 Å². The van der Waals surface area contributed by atoms with Crippen molar-refractivity contribution in [3.05, 3.63) is 34.7 Å². The topological polar surface area (TPSA) is 33.1 Å². The largest absolute Gasteiger partial charge is 0.508 e. The summed E-state index contributed by atoms with van der Waals surface area (Å²) in [5, 5.41) is 12.4. The molecule has 0 saturated carbocycles. The molecule has 0 bridgehead atoms. The second-order valence-electron chi connectivity index (χ2n) is 4.83. The summed E-state index contributed by atoms with van der Waals surface area (Å²) in [6.07, 6.45) is 0. The fraction of sp³-hybridized carbons (Fsp3) is 0.308. The number of aromatic hydroxyl groups is 1. The Kier molecular flexibility index (Phi) is 2.72. The molecule has 0 unspecified atom stereocenters. The molecule has 1 aromatic carbocycles. The maximum Gasteiger partial charge on any atom is 0.115 e. The Morgan fingerprint density at radius 1 is 1.12 bits per heavy atom. The summed E-state index contributed by atoms with van der Waals surface area (Å²) in [6.45, 7) is 6.48. The minimum Gasteiger partial charge on any atom is -0.508 e. The summed E-state index contributed by atoms with van der Waals surface area (Å²) in [5.41, 5.74) is 2.12. The number of hydrogen-bond acceptors (Lipinski definition) is 3. The molecular formula is C13H15NOS. The van der Waals surface area contributed by atoms with E-state index in [-0.39, 0.29) is 11.2 Å². The summed E-state index contributed by atoms with van der Waals surface area (Å²) in [6, 6.07) is 7.14. The Morgan fingerprint density at radius 3 is 2.25 bits per heavy atom. The molecule has 0 aliphatic heterocycles. The molecule has 1 N–H and O–H groups in total. The number of rotatable bonds is 1. The minimum absolute atomic E-state index is 0.0971. The van der Waals surface area contributed by atoms with Crippen LogP contribution in [0.3, 0.4) is 0 Å². The average Bonchev–Trinajstić information content (AvgIpc) is 2.67. The highest BCUT2D eigenvalue weighted by Crippen LogP contribution is 2.30. The van der Waals surface area contributed by atoms with E-state index in [0.717, 1.165) is 16.3 Å². The molecule has 2 aromatic rings. The molecule has 1 heterocycles. The molecule has 0 amide bonds. The van der Waals surface area contributed by atoms with Crippen molar-refractivity contribution >= 4 is 11.3 Å². The number of nitrogens with zero attached hydrogens (tertiary/aromatic N) is 1. The van der Waals surface area contributed by atoms with E-state index in [2.05, 4.69) is 31.1 Å². The second kappa shape index (κ2) is 3.91. The zero-order valence-corrected chi connectivity index (χ0v) is 10.5. The van der Waals surface area contributed by atoms with Gasteiger partial charge in [0.15, 0.2) is 0 Å². The zero-order valence-electron chi connectivity index (χ0n) is 9.69. The van der Waals surface area contributed by atoms with Crippen LogP contribution in [0.5, 0.6) is 5.75 Å². The smallest absolute Gasteiger partial charge is 0.115 e. The van der Waals surface area contributed by atoms with Crippen molar-refractivity contribution < 1.29 is 5.11 Å². The first-order valence-electron chi connectivity index (χ1n) is 5.22. The van der Waals surface area contributed by atoms with Crippen molar-refractivity contribution in [3.63, 3.8) is 0 Å². The lowest BCUT2D eigenvalue weighted by Crippen LogP contribution is -2.10. The average molecular weight is 233 g/mol. The molecule has 0 spiro atoms. The molecule has 0 saturated heterocycles. The third kappa shape index (κ3) is 2.25. The molecule has 1 aromatic heterocycles. The monoisotopic (exact) mass is 233 g/mol. The van der Waals surface area contributed by atoms with Crippen LogP contribution >= 0.6 is 11.3 Å². The van der Waals surface area contributed by atoms with Crippen LogP contribution < -0.4 is 0 Å². The fourth-order valence-corrected chi connectivity index (χ4v) is 2.30. The first kappa shape index (κ1) is 11.1. The Labute approximate surface area is 99.6 Å². The quantitative estimate of drug-likeness (QED) is 0.812. The molecule has 84 valence electrons. The molecule has 16 heavy (non-hydrogen) atoms. The van der Waals surface area contributed by atoms with Gasteiger partial charge in [0.1, 0.15) is 5.75 Å². The van der Waals surface area contributed by atoms with Gasteiger partial charge in [-0.1, -0.05) is 20.8 Å². The highest BCUT2D eigenvalue weighted by molar-refractivity contribution is 7.10. The Morgan fingerprint density at radius 2 is 1.75 bits per heavy atom. The van der Waals surface area contributed by atoms with Crippen molar-refractivity contribution in [2.24, 2.45) is 0 Å². The molecule has 0 atom stereocenters. The predicted octanol–water partition coefficient (Wildman–Crippen LogP) is 3.81. The van der Waals surface area contributed by atoms with Gasteiger partial charge in [0.25, 0.3) is 0 Å². The number of phenols is 1. The van der Waals surface area contributed by atoms with Gasteiger partial charge in [-0.15, -0.1) is 11.3 Å². The van der Waals surface area contributed by atoms with Crippen molar-refractivity contribution in [3.8, 4) is 17.0 Å². The van der Waals surface area contributed by atoms with Gasteiger partial charge in [-0.05, 0) is 24.3 Å². The van der Waals surface area contributed by atoms with Crippen LogP contribution in [0.1, 0.15) is 25.8 Å². The number of benzene rings is 1. The van der Waals surface area contributed by atoms with Gasteiger partial charge >= 0.3 is 0 Å². The SMILES string of the molecule is CC(C)(C)c1nc(-c2ccc(O)cc2)cs1. The zero-order chi connectivity index (χ0) is 11.8. The van der Waals surface area contributed by atoms with Crippen LogP contribution in [-0.2, 0) is 5.41 Å². The lowest BCUT2D eigenvalue weighted by Gasteiger charge is -2.13. The van der Waals surface area contributed by atoms with Gasteiger partial charge in [0.05, 0.1) is 10.7 Å². The Balaban J connectivity index is 2.35. The normalized spacial score (nSPS) is 11.7. The van der Waals surface area contributed by atoms with Crippen LogP contribution in [-0.4, -0.2) is 10.1 Å². The summed E-state index contributed by atoms with van der Waals surface area (Å²) in [5.74, 6) is 0.287. The maximum absolute atomic E-state index is 9.22. The Bertz CT molecular complexity index is 479. The van der Waals surface area contributed by atoms with Gasteiger partial charge in [0, 0.05) is 16.4 Å². The summed E-state index contributed by atoms with van der Waals surface area (Å²) in [4.78, 5) is 4.62. The molecule has 0 aliphatic rings. The maximum atomic E-state index is 9.22. The van der Waals surface area contributed by atoms with Crippen LogP contribution in [0.2, 0.25) is 0 Å². The molecule has 0 radical (unpaired) electrons. The molecular weight excluding hydrogens is 218 g/mol. The van der Waals surface area contributed by atoms with Crippen LogP contribution in [0.4, 0.5) is 0 Å². The number of hydrogen-bond donors (Lipinski definition) is 1. The van der Waals surface area contributed by atoms with Gasteiger partial charge < -0.3 is 5.11 Å². The first-order chi connectivity index (χ1) is 7.47. The molecule has 0 aliphatic carbocycles. The van der Waals surface area contributed by atoms with Crippen molar-refractivity contribution in [1.29, 1.82) is 0 Å². The van der Waals surface area contributed by atoms with Gasteiger partial charge in [-0.2, -0.15) is 0 Å². The van der Waals surface area contributed by atoms with Crippen LogP contribution in [0.15, 0.2) is 29.6 Å². The summed E-state index contributed by atoms with van der Waals surface area (Å²) >= 11 is 1.68. The third-order valence-corrected chi connectivity index (χ3v) is 3.58. The highest BCUT2D eigenvalue weighted by Gasteiger charge is 2.18. The molecule has 2 nitrogen and oxygen atoms in total. The predicted molar refractivity (Wildman–Crippen MR) is 67.9 cm³/mol. The lowest BCUT2D eigenvalue weighted by molar-refractivity contribution is 0.475. The Hall–Kier alpha value is -1.35. The first-order valence-corrected chi connectivity index (χ1v) is 6.10. The van der Waals surface area contributed by atoms with E-state index >= 15 is 0 Å². The molecule has 0 fully saturated rings. The highest BCUT2D eigenvalue weighted by atomic mass is 32.1. The van der Waals surface area contributed by atoms with E-state index in [1.165, 1.54) is 0 Å². The van der Waals surface area contributed by atoms with Gasteiger partial charge in [-0.3, -0.25) is 0 Å². The standard InChI is InChI=1S/C13H15NOS/c1-13(2,3)12-14-11(8-16-12)9-4-6-10(15)7-5-9/h4-8,15H,1-3H3. The number of thiazole rings is 1. The third-order valence-electron chi connectivity index (χ3n) is 2.31. The molecule has 3 heteroatoms. The van der Waals surface area contributed by atoms with Crippen molar-refractivity contribution in [1.82, 2.24) is 4.98 Å². The minimum atomic E-state index is 0.0971. The lowest BCUT2D eigenvalue weighted by atomic mass is 9.98. The fourth-order valence-electron chi connectivity index (χ4n) is 1.38. The summed E-state index contributed by atoms with van der Waals surface area (Å²) < 4.78 is 0. The van der Waals surface area contributed by atoms with E-state index in [1.807, 2.05) is 12.1 Å². The van der Waals surface area contributed by atoms with Crippen LogP contribution in [0.25, 0.3) is 11.3 Å². The number of phenolic OH excluding ortho intramolecular Hbond substituents is 1. The van der Waals surface area contributed by atoms with Crippen molar-refractivity contribution in [2.45, 2.75) is 26.2 Å². The number of aromatic nitrogens is 1.